The van der Waals surface area contributed by atoms with Crippen molar-refractivity contribution in [2.75, 3.05) is 31.6 Å². The van der Waals surface area contributed by atoms with Crippen LogP contribution in [-0.2, 0) is 9.59 Å². The van der Waals surface area contributed by atoms with Crippen LogP contribution in [0.2, 0.25) is 0 Å². The van der Waals surface area contributed by atoms with Crippen LogP contribution in [0, 0.1) is 5.92 Å². The number of carbonyl (C=O) groups excluding carboxylic acids is 1. The lowest BCUT2D eigenvalue weighted by molar-refractivity contribution is -0.152. The minimum Gasteiger partial charge on any atom is -0.495 e. The molecule has 3 atom stereocenters. The van der Waals surface area contributed by atoms with Gasteiger partial charge in [0, 0.05) is 19.6 Å². The van der Waals surface area contributed by atoms with Crippen LogP contribution in [0.25, 0.3) is 0 Å². The Labute approximate surface area is 149 Å². The van der Waals surface area contributed by atoms with Crippen LogP contribution in [0.5, 0.6) is 5.75 Å². The van der Waals surface area contributed by atoms with E-state index in [9.17, 15) is 19.5 Å². The molecular formula is C16H22N4O6. The molecule has 0 saturated carbocycles. The second-order valence-electron chi connectivity index (χ2n) is 5.94. The summed E-state index contributed by atoms with van der Waals surface area (Å²) >= 11 is 0. The predicted octanol–water partition coefficient (Wildman–Crippen LogP) is -0.623. The van der Waals surface area contributed by atoms with E-state index in [0.717, 1.165) is 4.90 Å². The average molecular weight is 366 g/mol. The summed E-state index contributed by atoms with van der Waals surface area (Å²) in [5, 5.41) is 18.7. The lowest BCUT2D eigenvalue weighted by atomic mass is 9.89. The van der Waals surface area contributed by atoms with E-state index in [1.54, 1.807) is 24.3 Å². The van der Waals surface area contributed by atoms with Gasteiger partial charge in [0.2, 0.25) is 0 Å². The molecule has 2 rings (SSSR count). The van der Waals surface area contributed by atoms with Gasteiger partial charge in [-0.15, -0.1) is 0 Å². The van der Waals surface area contributed by atoms with Crippen molar-refractivity contribution in [3.05, 3.63) is 24.3 Å². The third kappa shape index (κ3) is 3.80. The molecule has 1 aliphatic heterocycles. The molecule has 1 aromatic rings. The molecule has 10 heteroatoms. The Hall–Kier alpha value is -3.01. The van der Waals surface area contributed by atoms with Crippen LogP contribution in [0.15, 0.2) is 24.3 Å². The fourth-order valence-electron chi connectivity index (χ4n) is 3.21. The van der Waals surface area contributed by atoms with E-state index in [2.05, 4.69) is 0 Å². The van der Waals surface area contributed by atoms with Crippen LogP contribution in [-0.4, -0.2) is 71.9 Å². The summed E-state index contributed by atoms with van der Waals surface area (Å²) in [5.41, 5.74) is 11.7. The Balaban J connectivity index is 2.39. The zero-order chi connectivity index (χ0) is 19.4. The first-order valence-electron chi connectivity index (χ1n) is 7.93. The number of primary amides is 1. The lowest BCUT2D eigenvalue weighted by Gasteiger charge is -2.44. The normalized spacial score (nSPS) is 19.5. The summed E-state index contributed by atoms with van der Waals surface area (Å²) in [6.45, 7) is 0.573. The maximum absolute atomic E-state index is 11.8. The molecule has 0 aromatic heterocycles. The second-order valence-corrected chi connectivity index (χ2v) is 5.94. The molecule has 6 N–H and O–H groups in total. The molecule has 0 aliphatic carbocycles. The van der Waals surface area contributed by atoms with Gasteiger partial charge in [-0.25, -0.2) is 4.79 Å². The van der Waals surface area contributed by atoms with E-state index in [1.807, 2.05) is 4.90 Å². The number of hydrogen-bond donors (Lipinski definition) is 4. The Bertz CT molecular complexity index is 697. The molecule has 0 radical (unpaired) electrons. The summed E-state index contributed by atoms with van der Waals surface area (Å²) in [6.07, 6.45) is 0. The smallest absolute Gasteiger partial charge is 0.321 e. The molecular weight excluding hydrogens is 344 g/mol. The fraction of sp³-hybridized carbons (Fsp3) is 0.438. The van der Waals surface area contributed by atoms with Gasteiger partial charge >= 0.3 is 18.0 Å². The Morgan fingerprint density at radius 3 is 2.38 bits per heavy atom. The van der Waals surface area contributed by atoms with E-state index in [4.69, 9.17) is 21.3 Å². The number of nitrogens with two attached hydrogens (primary N) is 2. The zero-order valence-electron chi connectivity index (χ0n) is 14.2. The number of hydrogen-bond acceptors (Lipinski definition) is 6. The van der Waals surface area contributed by atoms with Gasteiger partial charge in [-0.3, -0.25) is 9.59 Å². The number of piperazine rings is 1. The van der Waals surface area contributed by atoms with Gasteiger partial charge in [-0.1, -0.05) is 12.1 Å². The average Bonchev–Trinajstić information content (AvgIpc) is 2.61. The highest BCUT2D eigenvalue weighted by Crippen LogP contribution is 2.31. The number of para-hydroxylation sites is 2. The number of amides is 2. The summed E-state index contributed by atoms with van der Waals surface area (Å²) in [4.78, 5) is 37.7. The van der Waals surface area contributed by atoms with E-state index in [0.29, 0.717) is 18.0 Å². The predicted molar refractivity (Wildman–Crippen MR) is 92.0 cm³/mol. The topological polar surface area (TPSA) is 159 Å². The highest BCUT2D eigenvalue weighted by Gasteiger charge is 2.44. The van der Waals surface area contributed by atoms with Crippen molar-refractivity contribution in [1.29, 1.82) is 0 Å². The fourth-order valence-corrected chi connectivity index (χ4v) is 3.21. The standard InChI is InChI=1S/C16H22N4O6/c1-26-11-5-3-2-4-9(11)19-6-7-20(16(18)25)10(8-19)12(14(21)22)13(17)15(23)24/h2-5,10,12-13H,6-8,17H2,1H3,(H2,18,25)(H,21,22)(H,23,24)/t10?,12?,13-/m0/s1. The van der Waals surface area contributed by atoms with Crippen molar-refractivity contribution in [3.8, 4) is 5.75 Å². The number of rotatable bonds is 6. The second kappa shape index (κ2) is 7.91. The third-order valence-corrected chi connectivity index (χ3v) is 4.50. The zero-order valence-corrected chi connectivity index (χ0v) is 14.2. The van der Waals surface area contributed by atoms with Crippen molar-refractivity contribution < 1.29 is 29.3 Å². The van der Waals surface area contributed by atoms with Gasteiger partial charge < -0.3 is 36.2 Å². The number of anilines is 1. The molecule has 1 saturated heterocycles. The number of urea groups is 1. The largest absolute Gasteiger partial charge is 0.495 e. The summed E-state index contributed by atoms with van der Waals surface area (Å²) in [6, 6.07) is 3.63. The molecule has 1 aromatic carbocycles. The van der Waals surface area contributed by atoms with Gasteiger partial charge in [0.15, 0.2) is 0 Å². The Morgan fingerprint density at radius 1 is 1.19 bits per heavy atom. The first-order valence-corrected chi connectivity index (χ1v) is 7.93. The Morgan fingerprint density at radius 2 is 1.85 bits per heavy atom. The highest BCUT2D eigenvalue weighted by molar-refractivity contribution is 5.84. The monoisotopic (exact) mass is 366 g/mol. The number of ether oxygens (including phenoxy) is 1. The lowest BCUT2D eigenvalue weighted by Crippen LogP contribution is -2.64. The minimum absolute atomic E-state index is 0.0568. The molecule has 0 spiro atoms. The number of nitrogens with zero attached hydrogens (tertiary/aromatic N) is 2. The molecule has 1 fully saturated rings. The number of benzene rings is 1. The third-order valence-electron chi connectivity index (χ3n) is 4.50. The number of methoxy groups -OCH3 is 1. The van der Waals surface area contributed by atoms with Crippen molar-refractivity contribution in [3.63, 3.8) is 0 Å². The van der Waals surface area contributed by atoms with E-state index in [-0.39, 0.29) is 13.1 Å². The number of carboxylic acids is 2. The van der Waals surface area contributed by atoms with Crippen LogP contribution in [0.3, 0.4) is 0 Å². The Kier molecular flexibility index (Phi) is 5.88. The highest BCUT2D eigenvalue weighted by atomic mass is 16.5. The molecule has 10 nitrogen and oxygen atoms in total. The summed E-state index contributed by atoms with van der Waals surface area (Å²) in [7, 11) is 1.51. The van der Waals surface area contributed by atoms with Gasteiger partial charge in [-0.2, -0.15) is 0 Å². The van der Waals surface area contributed by atoms with Crippen molar-refractivity contribution >= 4 is 23.7 Å². The molecule has 2 unspecified atom stereocenters. The van der Waals surface area contributed by atoms with Crippen LogP contribution in [0.1, 0.15) is 0 Å². The van der Waals surface area contributed by atoms with Gasteiger partial charge in [0.1, 0.15) is 17.7 Å². The van der Waals surface area contributed by atoms with Crippen LogP contribution in [0.4, 0.5) is 10.5 Å². The number of aliphatic carboxylic acids is 2. The molecule has 0 bridgehead atoms. The summed E-state index contributed by atoms with van der Waals surface area (Å²) < 4.78 is 5.32. The van der Waals surface area contributed by atoms with Crippen LogP contribution < -0.4 is 21.1 Å². The maximum atomic E-state index is 11.8. The summed E-state index contributed by atoms with van der Waals surface area (Å²) in [5.74, 6) is -3.81. The van der Waals surface area contributed by atoms with E-state index >= 15 is 0 Å². The number of carbonyl (C=O) groups is 3. The van der Waals surface area contributed by atoms with E-state index in [1.165, 1.54) is 7.11 Å². The van der Waals surface area contributed by atoms with Gasteiger partial charge in [0.05, 0.1) is 18.8 Å². The van der Waals surface area contributed by atoms with Crippen molar-refractivity contribution in [1.82, 2.24) is 4.90 Å². The number of carboxylic acid groups (broad SMARTS) is 2. The maximum Gasteiger partial charge on any atom is 0.321 e. The molecule has 1 heterocycles. The molecule has 26 heavy (non-hydrogen) atoms. The minimum atomic E-state index is -1.68. The van der Waals surface area contributed by atoms with Gasteiger partial charge in [0.25, 0.3) is 0 Å². The SMILES string of the molecule is COc1ccccc1N1CCN(C(N)=O)C(C(C(=O)O)[C@H](N)C(=O)O)C1. The quantitative estimate of drug-likeness (QED) is 0.518. The van der Waals surface area contributed by atoms with Gasteiger partial charge in [-0.05, 0) is 12.1 Å². The first-order chi connectivity index (χ1) is 12.3. The van der Waals surface area contributed by atoms with E-state index < -0.39 is 36.0 Å². The molecule has 2 amide bonds. The molecule has 1 aliphatic rings. The van der Waals surface area contributed by atoms with Crippen LogP contribution >= 0.6 is 0 Å². The van der Waals surface area contributed by atoms with Crippen molar-refractivity contribution in [2.24, 2.45) is 17.4 Å². The molecule has 142 valence electrons. The van der Waals surface area contributed by atoms with Crippen molar-refractivity contribution in [2.45, 2.75) is 12.1 Å². The first kappa shape index (κ1) is 19.3.